The van der Waals surface area contributed by atoms with E-state index in [2.05, 4.69) is 0 Å². The van der Waals surface area contributed by atoms with Gasteiger partial charge in [-0.15, -0.1) is 0 Å². The van der Waals surface area contributed by atoms with E-state index >= 15 is 0 Å². The number of carbonyl (C=O) groups excluding carboxylic acids is 2. The molecule has 2 N–H and O–H groups in total. The fourth-order valence-electron chi connectivity index (χ4n) is 3.00. The van der Waals surface area contributed by atoms with E-state index < -0.39 is 29.6 Å². The monoisotopic (exact) mass is 299 g/mol. The van der Waals surface area contributed by atoms with Crippen molar-refractivity contribution in [1.29, 1.82) is 0 Å². The number of aliphatic hydroxyl groups excluding tert-OH is 1. The molecule has 1 aromatic rings. The van der Waals surface area contributed by atoms with Gasteiger partial charge < -0.3 is 10.2 Å². The van der Waals surface area contributed by atoms with E-state index in [4.69, 9.17) is 0 Å². The van der Waals surface area contributed by atoms with E-state index in [0.29, 0.717) is 0 Å². The summed E-state index contributed by atoms with van der Waals surface area (Å²) in [6.45, 7) is 0. The zero-order valence-electron chi connectivity index (χ0n) is 11.9. The van der Waals surface area contributed by atoms with Gasteiger partial charge in [-0.1, -0.05) is 42.5 Å². The number of carbonyl (C=O) groups is 2. The molecule has 5 heteroatoms. The van der Waals surface area contributed by atoms with Crippen molar-refractivity contribution in [2.24, 2.45) is 0 Å². The fourth-order valence-corrected chi connectivity index (χ4v) is 3.00. The van der Waals surface area contributed by atoms with Crippen LogP contribution in [0.5, 0.6) is 0 Å². The van der Waals surface area contributed by atoms with Crippen LogP contribution in [0, 0.1) is 0 Å². The normalized spacial score (nSPS) is 30.8. The molecule has 0 spiro atoms. The Kier molecular flexibility index (Phi) is 3.68. The Balaban J connectivity index is 1.82. The molecule has 1 heterocycles. The second-order valence-corrected chi connectivity index (χ2v) is 5.69. The van der Waals surface area contributed by atoms with E-state index in [1.165, 1.54) is 18.2 Å². The number of fused-ring (bicyclic) bond motifs is 1. The maximum Gasteiger partial charge on any atom is 0.253 e. The Bertz CT molecular complexity index is 652. The predicted molar refractivity (Wildman–Crippen MR) is 80.4 cm³/mol. The Hall–Kier alpha value is -2.24. The summed E-state index contributed by atoms with van der Waals surface area (Å²) in [5, 5.41) is 20.2. The number of nitrogens with zero attached hydrogens (tertiary/aromatic N) is 1. The van der Waals surface area contributed by atoms with Gasteiger partial charge in [0.15, 0.2) is 0 Å². The molecule has 0 saturated carbocycles. The first-order chi connectivity index (χ1) is 10.5. The molecule has 1 aliphatic carbocycles. The van der Waals surface area contributed by atoms with Gasteiger partial charge in [-0.25, -0.2) is 0 Å². The van der Waals surface area contributed by atoms with Crippen molar-refractivity contribution in [3.05, 3.63) is 54.1 Å². The number of imide groups is 1. The number of benzene rings is 1. The summed E-state index contributed by atoms with van der Waals surface area (Å²) in [6.07, 6.45) is 5.11. The van der Waals surface area contributed by atoms with Gasteiger partial charge in [0.05, 0.1) is 18.6 Å². The molecule has 0 radical (unpaired) electrons. The van der Waals surface area contributed by atoms with Crippen LogP contribution in [0.25, 0.3) is 6.08 Å². The number of hydrogen-bond donors (Lipinski definition) is 2. The standard InChI is InChI=1S/C17H17NO4/c19-13-8-9-17(22)11-16(21)18(14(17)10-13)15(20)7-6-12-4-2-1-3-5-12/h1-9,13-14,19,22H,10-11H2. The first-order valence-electron chi connectivity index (χ1n) is 7.18. The van der Waals surface area contributed by atoms with Crippen LogP contribution in [-0.2, 0) is 9.59 Å². The average molecular weight is 299 g/mol. The maximum atomic E-state index is 12.3. The maximum absolute atomic E-state index is 12.3. The molecule has 2 amide bonds. The van der Waals surface area contributed by atoms with Crippen LogP contribution in [0.4, 0.5) is 0 Å². The second kappa shape index (κ2) is 5.51. The third-order valence-corrected chi connectivity index (χ3v) is 4.12. The van der Waals surface area contributed by atoms with Gasteiger partial charge in [0.1, 0.15) is 5.60 Å². The molecular weight excluding hydrogens is 282 g/mol. The minimum absolute atomic E-state index is 0.133. The molecule has 22 heavy (non-hydrogen) atoms. The molecule has 3 rings (SSSR count). The quantitative estimate of drug-likeness (QED) is 0.628. The van der Waals surface area contributed by atoms with Crippen LogP contribution >= 0.6 is 0 Å². The van der Waals surface area contributed by atoms with Crippen LogP contribution in [0.3, 0.4) is 0 Å². The predicted octanol–water partition coefficient (Wildman–Crippen LogP) is 0.879. The molecule has 0 bridgehead atoms. The fraction of sp³-hybridized carbons (Fsp3) is 0.294. The molecule has 3 atom stereocenters. The third-order valence-electron chi connectivity index (χ3n) is 4.12. The van der Waals surface area contributed by atoms with Crippen molar-refractivity contribution >= 4 is 17.9 Å². The summed E-state index contributed by atoms with van der Waals surface area (Å²) in [7, 11) is 0. The number of aliphatic hydroxyl groups is 2. The molecule has 0 aromatic heterocycles. The Morgan fingerprint density at radius 2 is 2.05 bits per heavy atom. The molecule has 3 unspecified atom stereocenters. The summed E-state index contributed by atoms with van der Waals surface area (Å²) in [5.41, 5.74) is -0.520. The van der Waals surface area contributed by atoms with E-state index in [-0.39, 0.29) is 12.8 Å². The highest BCUT2D eigenvalue weighted by molar-refractivity contribution is 6.05. The summed E-state index contributed by atoms with van der Waals surface area (Å²) >= 11 is 0. The lowest BCUT2D eigenvalue weighted by Crippen LogP contribution is -2.49. The van der Waals surface area contributed by atoms with E-state index in [1.807, 2.05) is 30.3 Å². The van der Waals surface area contributed by atoms with Gasteiger partial charge in [0, 0.05) is 12.5 Å². The molecular formula is C17H17NO4. The smallest absolute Gasteiger partial charge is 0.253 e. The zero-order chi connectivity index (χ0) is 15.7. The summed E-state index contributed by atoms with van der Waals surface area (Å²) < 4.78 is 0. The van der Waals surface area contributed by atoms with Crippen LogP contribution in [0.15, 0.2) is 48.6 Å². The molecule has 1 fully saturated rings. The Morgan fingerprint density at radius 3 is 2.77 bits per heavy atom. The average Bonchev–Trinajstić information content (AvgIpc) is 2.76. The first kappa shape index (κ1) is 14.7. The first-order valence-corrected chi connectivity index (χ1v) is 7.18. The zero-order valence-corrected chi connectivity index (χ0v) is 11.9. The van der Waals surface area contributed by atoms with Gasteiger partial charge in [-0.3, -0.25) is 14.5 Å². The minimum atomic E-state index is -1.37. The molecule has 2 aliphatic rings. The summed E-state index contributed by atoms with van der Waals surface area (Å²) in [5.74, 6) is -0.897. The highest BCUT2D eigenvalue weighted by atomic mass is 16.3. The Morgan fingerprint density at radius 1 is 1.32 bits per heavy atom. The number of rotatable bonds is 2. The lowest BCUT2D eigenvalue weighted by atomic mass is 9.85. The number of likely N-dealkylation sites (tertiary alicyclic amines) is 1. The van der Waals surface area contributed by atoms with Gasteiger partial charge in [-0.2, -0.15) is 0 Å². The van der Waals surface area contributed by atoms with Gasteiger partial charge >= 0.3 is 0 Å². The largest absolute Gasteiger partial charge is 0.389 e. The van der Waals surface area contributed by atoms with Crippen LogP contribution in [0.2, 0.25) is 0 Å². The number of hydrogen-bond acceptors (Lipinski definition) is 4. The van der Waals surface area contributed by atoms with E-state index in [9.17, 15) is 19.8 Å². The van der Waals surface area contributed by atoms with Crippen molar-refractivity contribution < 1.29 is 19.8 Å². The molecule has 1 aromatic carbocycles. The molecule has 5 nitrogen and oxygen atoms in total. The third kappa shape index (κ3) is 2.61. The minimum Gasteiger partial charge on any atom is -0.389 e. The van der Waals surface area contributed by atoms with Crippen molar-refractivity contribution in [3.8, 4) is 0 Å². The highest BCUT2D eigenvalue weighted by Crippen LogP contribution is 2.37. The highest BCUT2D eigenvalue weighted by Gasteiger charge is 2.53. The van der Waals surface area contributed by atoms with Gasteiger partial charge in [-0.05, 0) is 11.6 Å². The van der Waals surface area contributed by atoms with Crippen molar-refractivity contribution in [2.45, 2.75) is 30.6 Å². The van der Waals surface area contributed by atoms with Crippen LogP contribution < -0.4 is 0 Å². The lowest BCUT2D eigenvalue weighted by molar-refractivity contribution is -0.141. The molecule has 114 valence electrons. The summed E-state index contributed by atoms with van der Waals surface area (Å²) in [4.78, 5) is 25.5. The van der Waals surface area contributed by atoms with Gasteiger partial charge in [0.25, 0.3) is 5.91 Å². The SMILES string of the molecule is O=C(C=Cc1ccccc1)N1C(=O)CC2(O)C=CC(O)CC12. The van der Waals surface area contributed by atoms with E-state index in [0.717, 1.165) is 10.5 Å². The summed E-state index contributed by atoms with van der Waals surface area (Å²) in [6, 6.07) is 8.56. The van der Waals surface area contributed by atoms with Crippen LogP contribution in [-0.4, -0.2) is 44.7 Å². The van der Waals surface area contributed by atoms with Crippen LogP contribution in [0.1, 0.15) is 18.4 Å². The van der Waals surface area contributed by atoms with E-state index in [1.54, 1.807) is 6.08 Å². The second-order valence-electron chi connectivity index (χ2n) is 5.69. The topological polar surface area (TPSA) is 77.8 Å². The number of amides is 2. The van der Waals surface area contributed by atoms with Gasteiger partial charge in [0.2, 0.25) is 5.91 Å². The lowest BCUT2D eigenvalue weighted by Gasteiger charge is -2.34. The Labute approximate surface area is 128 Å². The van der Waals surface area contributed by atoms with Crippen molar-refractivity contribution in [2.75, 3.05) is 0 Å². The molecule has 1 aliphatic heterocycles. The molecule has 1 saturated heterocycles. The van der Waals surface area contributed by atoms with Crippen molar-refractivity contribution in [1.82, 2.24) is 4.90 Å². The van der Waals surface area contributed by atoms with Crippen molar-refractivity contribution in [3.63, 3.8) is 0 Å².